The van der Waals surface area contributed by atoms with Gasteiger partial charge in [0.05, 0.1) is 30.7 Å². The van der Waals surface area contributed by atoms with Crippen LogP contribution < -0.4 is 31.0 Å². The molecule has 1 saturated carbocycles. The number of para-hydroxylation sites is 1. The summed E-state index contributed by atoms with van der Waals surface area (Å²) < 4.78 is 22.8. The number of aromatic carboxylic acids is 1. The van der Waals surface area contributed by atoms with Gasteiger partial charge in [0.15, 0.2) is 11.6 Å². The van der Waals surface area contributed by atoms with Gasteiger partial charge in [-0.25, -0.2) is 9.18 Å². The average molecular weight is 803 g/mol. The normalized spacial score (nSPS) is 17.8. The van der Waals surface area contributed by atoms with Gasteiger partial charge in [0.1, 0.15) is 17.0 Å². The molecule has 3 fully saturated rings. The molecule has 1 amide bonds. The van der Waals surface area contributed by atoms with Gasteiger partial charge < -0.3 is 45.5 Å². The molecular formula is C44H59FN6O7. The number of aromatic nitrogens is 1. The van der Waals surface area contributed by atoms with E-state index in [2.05, 4.69) is 34.7 Å². The molecule has 0 spiro atoms. The minimum Gasteiger partial charge on any atom is -0.508 e. The van der Waals surface area contributed by atoms with Gasteiger partial charge in [0.2, 0.25) is 11.3 Å². The Morgan fingerprint density at radius 1 is 1.05 bits per heavy atom. The fourth-order valence-corrected chi connectivity index (χ4v) is 7.84. The van der Waals surface area contributed by atoms with E-state index in [0.717, 1.165) is 74.2 Å². The standard InChI is InChI=1S/C21H24FN3O4.C14H22N2O.C9H13NO2/c1-29-20-17-13(19(26)14(21(27)28)9-25(17)12-4-5-12)7-15(22)18(20)24-8-11-3-2-6-23-16(11)10-24;1-5-16(6-2)10-13(17)15-14-11(3)8-7-9-12(14)4;1-10-6-9(12)7-3-2-4-8(11)5-7/h7,9,11-12,16,23H,2-6,8,10H2,1H3,(H,27,28);7-9H,5-6,10H2,1-4H3,(H,15,17);2-5,9-12H,6H2,1H3/t11-,16+;;9-/m0.0/s1. The number of anilines is 2. The third-order valence-corrected chi connectivity index (χ3v) is 11.1. The molecule has 13 nitrogen and oxygen atoms in total. The van der Waals surface area contributed by atoms with Gasteiger partial charge in [0, 0.05) is 43.6 Å². The Labute approximate surface area is 339 Å². The maximum atomic E-state index is 15.3. The Hall–Kier alpha value is -5.02. The van der Waals surface area contributed by atoms with E-state index in [0.29, 0.717) is 48.5 Å². The molecule has 2 aliphatic heterocycles. The second kappa shape index (κ2) is 20.1. The first-order valence-corrected chi connectivity index (χ1v) is 20.2. The molecular weight excluding hydrogens is 744 g/mol. The zero-order valence-corrected chi connectivity index (χ0v) is 34.5. The number of methoxy groups -OCH3 is 1. The predicted octanol–water partition coefficient (Wildman–Crippen LogP) is 5.60. The molecule has 1 aromatic heterocycles. The third-order valence-electron chi connectivity index (χ3n) is 11.1. The van der Waals surface area contributed by atoms with E-state index < -0.39 is 23.3 Å². The minimum atomic E-state index is -1.30. The van der Waals surface area contributed by atoms with E-state index >= 15 is 4.39 Å². The van der Waals surface area contributed by atoms with Crippen molar-refractivity contribution in [2.24, 2.45) is 5.92 Å². The number of aliphatic hydroxyl groups excluding tert-OH is 1. The molecule has 7 rings (SSSR count). The van der Waals surface area contributed by atoms with Crippen molar-refractivity contribution < 1.29 is 34.0 Å². The number of halogens is 1. The molecule has 3 aromatic carbocycles. The molecule has 0 radical (unpaired) electrons. The Kier molecular flexibility index (Phi) is 15.3. The molecule has 6 N–H and O–H groups in total. The number of pyridine rings is 1. The number of ether oxygens (including phenoxy) is 1. The highest BCUT2D eigenvalue weighted by atomic mass is 19.1. The third kappa shape index (κ3) is 10.5. The SMILES string of the molecule is CCN(CC)CC(=O)Nc1c(C)cccc1C.CNC[C@H](O)c1cccc(O)c1.COc1c(N2C[C@@H]3CCCN[C@@H]3C2)c(F)cc2c(=O)c(C(=O)O)cn(C3CC3)c12. The number of hydrogen-bond donors (Lipinski definition) is 6. The number of carboxylic acid groups (broad SMARTS) is 1. The van der Waals surface area contributed by atoms with Crippen molar-refractivity contribution in [3.8, 4) is 11.5 Å². The summed E-state index contributed by atoms with van der Waals surface area (Å²) >= 11 is 0. The lowest BCUT2D eigenvalue weighted by molar-refractivity contribution is -0.117. The Morgan fingerprint density at radius 2 is 1.74 bits per heavy atom. The summed E-state index contributed by atoms with van der Waals surface area (Å²) in [5.74, 6) is -0.823. The van der Waals surface area contributed by atoms with Gasteiger partial charge in [-0.2, -0.15) is 0 Å². The van der Waals surface area contributed by atoms with E-state index in [4.69, 9.17) is 9.84 Å². The van der Waals surface area contributed by atoms with Crippen LogP contribution in [0.5, 0.6) is 11.5 Å². The minimum absolute atomic E-state index is 0.0599. The first kappa shape index (κ1) is 44.1. The highest BCUT2D eigenvalue weighted by Crippen LogP contribution is 2.45. The highest BCUT2D eigenvalue weighted by Gasteiger charge is 2.38. The van der Waals surface area contributed by atoms with Crippen LogP contribution in [0.15, 0.2) is 59.5 Å². The molecule has 0 bridgehead atoms. The number of aryl methyl sites for hydroxylation is 2. The van der Waals surface area contributed by atoms with Crippen molar-refractivity contribution in [2.75, 3.05) is 70.2 Å². The number of amides is 1. The van der Waals surface area contributed by atoms with Gasteiger partial charge in [-0.3, -0.25) is 14.5 Å². The van der Waals surface area contributed by atoms with Crippen LogP contribution in [0.1, 0.15) is 78.7 Å². The van der Waals surface area contributed by atoms with Gasteiger partial charge in [0.25, 0.3) is 0 Å². The van der Waals surface area contributed by atoms with Gasteiger partial charge >= 0.3 is 5.97 Å². The van der Waals surface area contributed by atoms with E-state index in [-0.39, 0.29) is 28.6 Å². The number of aromatic hydroxyl groups is 1. The van der Waals surface area contributed by atoms with E-state index in [9.17, 15) is 24.6 Å². The van der Waals surface area contributed by atoms with Crippen molar-refractivity contribution in [3.05, 3.63) is 93.0 Å². The van der Waals surface area contributed by atoms with Crippen LogP contribution in [0.2, 0.25) is 0 Å². The number of phenolic OH excluding ortho intramolecular Hbond substituents is 1. The maximum absolute atomic E-state index is 15.3. The number of rotatable bonds is 12. The fourth-order valence-electron chi connectivity index (χ4n) is 7.84. The quantitative estimate of drug-likeness (QED) is 0.106. The number of carbonyl (C=O) groups is 2. The first-order valence-electron chi connectivity index (χ1n) is 20.2. The number of hydrogen-bond acceptors (Lipinski definition) is 10. The average Bonchev–Trinajstić information content (AvgIpc) is 3.96. The lowest BCUT2D eigenvalue weighted by atomic mass is 9.94. The van der Waals surface area contributed by atoms with E-state index in [1.165, 1.54) is 19.4 Å². The van der Waals surface area contributed by atoms with Crippen molar-refractivity contribution in [1.82, 2.24) is 20.1 Å². The van der Waals surface area contributed by atoms with Crippen LogP contribution in [0.25, 0.3) is 10.9 Å². The van der Waals surface area contributed by atoms with Crippen LogP contribution in [0, 0.1) is 25.6 Å². The van der Waals surface area contributed by atoms with Crippen molar-refractivity contribution in [1.29, 1.82) is 0 Å². The number of aliphatic hydroxyl groups is 1. The van der Waals surface area contributed by atoms with Crippen LogP contribution in [0.4, 0.5) is 15.8 Å². The van der Waals surface area contributed by atoms with Gasteiger partial charge in [-0.05, 0) is 107 Å². The van der Waals surface area contributed by atoms with Crippen molar-refractivity contribution in [3.63, 3.8) is 0 Å². The smallest absolute Gasteiger partial charge is 0.341 e. The molecule has 3 heterocycles. The molecule has 314 valence electrons. The number of fused-ring (bicyclic) bond motifs is 2. The first-order chi connectivity index (χ1) is 27.8. The summed E-state index contributed by atoms with van der Waals surface area (Å²) in [5, 5.41) is 37.4. The molecule has 1 aliphatic carbocycles. The zero-order chi connectivity index (χ0) is 42.1. The van der Waals surface area contributed by atoms with Crippen LogP contribution in [-0.4, -0.2) is 103 Å². The van der Waals surface area contributed by atoms with Crippen LogP contribution in [0.3, 0.4) is 0 Å². The number of carbonyl (C=O) groups excluding carboxylic acids is 1. The Morgan fingerprint density at radius 3 is 2.33 bits per heavy atom. The molecule has 0 unspecified atom stereocenters. The second-order valence-corrected chi connectivity index (χ2v) is 15.3. The van der Waals surface area contributed by atoms with Gasteiger partial charge in [-0.15, -0.1) is 0 Å². The largest absolute Gasteiger partial charge is 0.508 e. The molecule has 3 atom stereocenters. The topological polar surface area (TPSA) is 169 Å². The lowest BCUT2D eigenvalue weighted by Gasteiger charge is -2.25. The number of likely N-dealkylation sites (N-methyl/N-ethyl adjacent to an activating group) is 2. The number of nitrogens with zero attached hydrogens (tertiary/aromatic N) is 3. The molecule has 14 heteroatoms. The van der Waals surface area contributed by atoms with Crippen LogP contribution in [-0.2, 0) is 4.79 Å². The molecule has 58 heavy (non-hydrogen) atoms. The van der Waals surface area contributed by atoms with Crippen LogP contribution >= 0.6 is 0 Å². The maximum Gasteiger partial charge on any atom is 0.341 e. The number of carboxylic acids is 1. The summed E-state index contributed by atoms with van der Waals surface area (Å²) in [4.78, 5) is 40.4. The summed E-state index contributed by atoms with van der Waals surface area (Å²) in [7, 11) is 3.25. The fraction of sp³-hybridized carbons (Fsp3) is 0.477. The van der Waals surface area contributed by atoms with Gasteiger partial charge in [-0.1, -0.05) is 44.2 Å². The summed E-state index contributed by atoms with van der Waals surface area (Å²) in [6.07, 6.45) is 4.85. The number of benzene rings is 3. The monoisotopic (exact) mass is 802 g/mol. The number of phenols is 1. The second-order valence-electron chi connectivity index (χ2n) is 15.3. The van der Waals surface area contributed by atoms with E-state index in [1.54, 1.807) is 35.9 Å². The number of nitrogens with one attached hydrogen (secondary N) is 3. The lowest BCUT2D eigenvalue weighted by Crippen LogP contribution is -2.40. The zero-order valence-electron chi connectivity index (χ0n) is 34.5. The van der Waals surface area contributed by atoms with Crippen molar-refractivity contribution >= 4 is 34.2 Å². The molecule has 2 saturated heterocycles. The summed E-state index contributed by atoms with van der Waals surface area (Å²) in [6.45, 7) is 13.3. The van der Waals surface area contributed by atoms with Crippen molar-refractivity contribution in [2.45, 2.75) is 71.6 Å². The Balaban J connectivity index is 0.000000187. The molecule has 3 aliphatic rings. The summed E-state index contributed by atoms with van der Waals surface area (Å²) in [6, 6.07) is 14.3. The Bertz CT molecular complexity index is 2080. The predicted molar refractivity (Wildman–Crippen MR) is 226 cm³/mol. The number of piperidine rings is 1. The van der Waals surface area contributed by atoms with E-state index in [1.807, 2.05) is 36.9 Å². The molecule has 4 aromatic rings. The summed E-state index contributed by atoms with van der Waals surface area (Å²) in [5.41, 5.74) is 3.74. The highest BCUT2D eigenvalue weighted by molar-refractivity contribution is 5.97.